The van der Waals surface area contributed by atoms with Crippen molar-refractivity contribution in [1.29, 1.82) is 0 Å². The van der Waals surface area contributed by atoms with Gasteiger partial charge in [0.1, 0.15) is 17.8 Å². The van der Waals surface area contributed by atoms with Crippen molar-refractivity contribution in [2.24, 2.45) is 0 Å². The van der Waals surface area contributed by atoms with Gasteiger partial charge in [-0.3, -0.25) is 10.1 Å². The summed E-state index contributed by atoms with van der Waals surface area (Å²) < 4.78 is 0. The summed E-state index contributed by atoms with van der Waals surface area (Å²) in [6.07, 6.45) is 4.19. The fourth-order valence-corrected chi connectivity index (χ4v) is 1.93. The van der Waals surface area contributed by atoms with Gasteiger partial charge in [0.25, 0.3) is 5.69 Å². The minimum absolute atomic E-state index is 0.00659. The van der Waals surface area contributed by atoms with E-state index in [1.54, 1.807) is 18.2 Å². The van der Waals surface area contributed by atoms with Gasteiger partial charge in [0.2, 0.25) is 0 Å². The van der Waals surface area contributed by atoms with Crippen LogP contribution in [0, 0.1) is 10.1 Å². The molecule has 21 heavy (non-hydrogen) atoms. The Kier molecular flexibility index (Phi) is 5.09. The summed E-state index contributed by atoms with van der Waals surface area (Å²) in [5.74, 6) is 0.926. The number of nitro groups is 1. The van der Waals surface area contributed by atoms with Crippen molar-refractivity contribution in [1.82, 2.24) is 4.98 Å². The van der Waals surface area contributed by atoms with E-state index in [9.17, 15) is 15.2 Å². The first-order valence-corrected chi connectivity index (χ1v) is 6.77. The normalized spacial score (nSPS) is 10.3. The van der Waals surface area contributed by atoms with Crippen molar-refractivity contribution in [3.05, 3.63) is 58.3 Å². The molecule has 2 aromatic rings. The molecule has 0 amide bonds. The van der Waals surface area contributed by atoms with Crippen LogP contribution in [0.2, 0.25) is 0 Å². The van der Waals surface area contributed by atoms with Crippen LogP contribution in [0.25, 0.3) is 0 Å². The second-order valence-electron chi connectivity index (χ2n) is 4.71. The molecule has 0 radical (unpaired) electrons. The van der Waals surface area contributed by atoms with Crippen molar-refractivity contribution in [2.75, 3.05) is 11.9 Å². The number of aryl methyl sites for hydroxylation is 1. The summed E-state index contributed by atoms with van der Waals surface area (Å²) in [6, 6.07) is 10.3. The van der Waals surface area contributed by atoms with E-state index < -0.39 is 4.92 Å². The monoisotopic (exact) mass is 287 g/mol. The van der Waals surface area contributed by atoms with Crippen molar-refractivity contribution in [3.63, 3.8) is 0 Å². The van der Waals surface area contributed by atoms with Gasteiger partial charge in [-0.25, -0.2) is 4.98 Å². The minimum Gasteiger partial charge on any atom is -0.508 e. The molecule has 0 atom stereocenters. The Hall–Kier alpha value is -2.63. The first kappa shape index (κ1) is 14.8. The number of hydrogen-bond acceptors (Lipinski definition) is 5. The fourth-order valence-electron chi connectivity index (χ4n) is 1.93. The molecule has 2 rings (SSSR count). The van der Waals surface area contributed by atoms with E-state index in [0.717, 1.165) is 25.8 Å². The van der Waals surface area contributed by atoms with Gasteiger partial charge in [0.05, 0.1) is 4.92 Å². The molecule has 0 bridgehead atoms. The first-order valence-electron chi connectivity index (χ1n) is 6.77. The number of hydrogen-bond donors (Lipinski definition) is 2. The van der Waals surface area contributed by atoms with Crippen LogP contribution in [0.3, 0.4) is 0 Å². The molecule has 6 nitrogen and oxygen atoms in total. The van der Waals surface area contributed by atoms with Crippen LogP contribution >= 0.6 is 0 Å². The number of nitrogens with zero attached hydrogens (tertiary/aromatic N) is 2. The summed E-state index contributed by atoms with van der Waals surface area (Å²) in [7, 11) is 0. The molecule has 1 aromatic heterocycles. The summed E-state index contributed by atoms with van der Waals surface area (Å²) in [5.41, 5.74) is 1.19. The lowest BCUT2D eigenvalue weighted by molar-refractivity contribution is -0.385. The van der Waals surface area contributed by atoms with Crippen molar-refractivity contribution in [2.45, 2.75) is 19.3 Å². The molecule has 0 saturated heterocycles. The molecule has 6 heteroatoms. The molecule has 2 N–H and O–H groups in total. The maximum atomic E-state index is 10.5. The average Bonchev–Trinajstić information content (AvgIpc) is 2.49. The lowest BCUT2D eigenvalue weighted by atomic mass is 10.1. The van der Waals surface area contributed by atoms with Crippen molar-refractivity contribution in [3.8, 4) is 5.75 Å². The van der Waals surface area contributed by atoms with E-state index in [-0.39, 0.29) is 11.4 Å². The zero-order valence-corrected chi connectivity index (χ0v) is 11.5. The standard InChI is InChI=1S/C15H17N3O3/c19-14-7-4-12(5-8-14)3-1-2-10-16-15-9-6-13(11-17-15)18(20)21/h4-9,11,19H,1-3,10H2,(H,16,17). The van der Waals surface area contributed by atoms with Crippen LogP contribution in [0.1, 0.15) is 18.4 Å². The van der Waals surface area contributed by atoms with Crippen LogP contribution in [-0.4, -0.2) is 21.6 Å². The predicted octanol–water partition coefficient (Wildman–Crippen LogP) is 3.13. The van der Waals surface area contributed by atoms with Gasteiger partial charge in [-0.1, -0.05) is 12.1 Å². The maximum absolute atomic E-state index is 10.5. The molecule has 0 fully saturated rings. The van der Waals surface area contributed by atoms with Gasteiger partial charge in [-0.15, -0.1) is 0 Å². The first-order chi connectivity index (χ1) is 10.1. The van der Waals surface area contributed by atoms with Crippen molar-refractivity contribution >= 4 is 11.5 Å². The Morgan fingerprint density at radius 2 is 1.90 bits per heavy atom. The van der Waals surface area contributed by atoms with Gasteiger partial charge >= 0.3 is 0 Å². The van der Waals surface area contributed by atoms with Gasteiger partial charge in [0.15, 0.2) is 0 Å². The number of phenolic OH excluding ortho intramolecular Hbond substituents is 1. The molecular weight excluding hydrogens is 270 g/mol. The summed E-state index contributed by atoms with van der Waals surface area (Å²) >= 11 is 0. The molecular formula is C15H17N3O3. The lowest BCUT2D eigenvalue weighted by Gasteiger charge is -2.05. The summed E-state index contributed by atoms with van der Waals surface area (Å²) in [5, 5.41) is 22.8. The quantitative estimate of drug-likeness (QED) is 0.464. The number of aromatic nitrogens is 1. The third-order valence-electron chi connectivity index (χ3n) is 3.09. The number of aromatic hydroxyl groups is 1. The second kappa shape index (κ2) is 7.23. The highest BCUT2D eigenvalue weighted by Crippen LogP contribution is 2.13. The number of unbranched alkanes of at least 4 members (excludes halogenated alkanes) is 1. The Labute approximate surface area is 122 Å². The second-order valence-corrected chi connectivity index (χ2v) is 4.71. The van der Waals surface area contributed by atoms with Gasteiger partial charge in [0, 0.05) is 12.6 Å². The van der Waals surface area contributed by atoms with E-state index in [1.165, 1.54) is 17.8 Å². The molecule has 110 valence electrons. The Morgan fingerprint density at radius 1 is 1.14 bits per heavy atom. The topological polar surface area (TPSA) is 88.3 Å². The Morgan fingerprint density at radius 3 is 2.52 bits per heavy atom. The summed E-state index contributed by atoms with van der Waals surface area (Å²) in [6.45, 7) is 0.767. The third kappa shape index (κ3) is 4.76. The Bertz CT molecular complexity index is 582. The molecule has 0 unspecified atom stereocenters. The number of nitrogens with one attached hydrogen (secondary N) is 1. The highest BCUT2D eigenvalue weighted by molar-refractivity contribution is 5.39. The number of phenols is 1. The fraction of sp³-hybridized carbons (Fsp3) is 0.267. The van der Waals surface area contributed by atoms with Crippen LogP contribution in [-0.2, 0) is 6.42 Å². The number of pyridine rings is 1. The third-order valence-corrected chi connectivity index (χ3v) is 3.09. The molecule has 0 aliphatic carbocycles. The smallest absolute Gasteiger partial charge is 0.287 e. The molecule has 0 aliphatic heterocycles. The van der Waals surface area contributed by atoms with Crippen LogP contribution in [0.15, 0.2) is 42.6 Å². The molecule has 0 saturated carbocycles. The minimum atomic E-state index is -0.464. The molecule has 0 spiro atoms. The molecule has 1 aromatic carbocycles. The van der Waals surface area contributed by atoms with Crippen LogP contribution in [0.4, 0.5) is 11.5 Å². The molecule has 0 aliphatic rings. The highest BCUT2D eigenvalue weighted by atomic mass is 16.6. The SMILES string of the molecule is O=[N+]([O-])c1ccc(NCCCCc2ccc(O)cc2)nc1. The van der Waals surface area contributed by atoms with Gasteiger partial charge in [-0.05, 0) is 43.0 Å². The Balaban J connectivity index is 1.67. The van der Waals surface area contributed by atoms with Gasteiger partial charge in [-0.2, -0.15) is 0 Å². The largest absolute Gasteiger partial charge is 0.508 e. The van der Waals surface area contributed by atoms with Gasteiger partial charge < -0.3 is 10.4 Å². The van der Waals surface area contributed by atoms with E-state index in [4.69, 9.17) is 0 Å². The lowest BCUT2D eigenvalue weighted by Crippen LogP contribution is -2.03. The highest BCUT2D eigenvalue weighted by Gasteiger charge is 2.04. The predicted molar refractivity (Wildman–Crippen MR) is 80.4 cm³/mol. The van der Waals surface area contributed by atoms with E-state index in [1.807, 2.05) is 12.1 Å². The van der Waals surface area contributed by atoms with E-state index in [0.29, 0.717) is 5.82 Å². The zero-order chi connectivity index (χ0) is 15.1. The van der Waals surface area contributed by atoms with E-state index >= 15 is 0 Å². The number of benzene rings is 1. The van der Waals surface area contributed by atoms with Crippen LogP contribution < -0.4 is 5.32 Å². The average molecular weight is 287 g/mol. The number of rotatable bonds is 7. The number of anilines is 1. The van der Waals surface area contributed by atoms with E-state index in [2.05, 4.69) is 10.3 Å². The summed E-state index contributed by atoms with van der Waals surface area (Å²) in [4.78, 5) is 14.0. The maximum Gasteiger partial charge on any atom is 0.287 e. The van der Waals surface area contributed by atoms with Crippen LogP contribution in [0.5, 0.6) is 5.75 Å². The van der Waals surface area contributed by atoms with Crippen molar-refractivity contribution < 1.29 is 10.0 Å². The molecule has 1 heterocycles. The zero-order valence-electron chi connectivity index (χ0n) is 11.5.